The lowest BCUT2D eigenvalue weighted by atomic mass is 9.90. The minimum atomic E-state index is -0.278. The summed E-state index contributed by atoms with van der Waals surface area (Å²) in [6.45, 7) is 9.16. The fraction of sp³-hybridized carbons (Fsp3) is 0.706. The normalized spacial score (nSPS) is 26.5. The topological polar surface area (TPSA) is 28.2 Å². The van der Waals surface area contributed by atoms with E-state index < -0.39 is 0 Å². The molecule has 1 aliphatic rings. The largest absolute Gasteiger partial charge is 0.311 e. The van der Waals surface area contributed by atoms with E-state index in [0.29, 0.717) is 12.0 Å². The number of hydrogen-bond donors (Lipinski definition) is 1. The van der Waals surface area contributed by atoms with Crippen molar-refractivity contribution in [3.05, 3.63) is 29.8 Å². The van der Waals surface area contributed by atoms with Crippen molar-refractivity contribution >= 4 is 0 Å². The number of piperidine rings is 1. The summed E-state index contributed by atoms with van der Waals surface area (Å²) in [6.07, 6.45) is 3.93. The lowest BCUT2D eigenvalue weighted by molar-refractivity contribution is 0.0904. The van der Waals surface area contributed by atoms with Crippen molar-refractivity contribution in [2.75, 3.05) is 20.1 Å². The molecule has 0 spiro atoms. The van der Waals surface area contributed by atoms with E-state index in [-0.39, 0.29) is 11.9 Å². The molecule has 3 nitrogen and oxygen atoms in total. The van der Waals surface area contributed by atoms with Crippen LogP contribution in [0.2, 0.25) is 0 Å². The van der Waals surface area contributed by atoms with Crippen LogP contribution in [0.5, 0.6) is 0 Å². The molecule has 1 N–H and O–H groups in total. The predicted octanol–water partition coefficient (Wildman–Crippen LogP) is 3.24. The zero-order chi connectivity index (χ0) is 15.4. The maximum atomic E-state index is 13.0. The highest BCUT2D eigenvalue weighted by molar-refractivity contribution is 5.11. The number of hydrogen-bond acceptors (Lipinski definition) is 3. The molecule has 1 aliphatic heterocycles. The van der Waals surface area contributed by atoms with Crippen LogP contribution >= 0.6 is 0 Å². The molecule has 21 heavy (non-hydrogen) atoms. The molecule has 0 radical (unpaired) electrons. The molecule has 0 aromatic carbocycles. The summed E-state index contributed by atoms with van der Waals surface area (Å²) in [4.78, 5) is 6.83. The van der Waals surface area contributed by atoms with E-state index in [1.54, 1.807) is 6.07 Å². The van der Waals surface area contributed by atoms with Crippen molar-refractivity contribution in [3.8, 4) is 0 Å². The van der Waals surface area contributed by atoms with Gasteiger partial charge in [0.15, 0.2) is 0 Å². The summed E-state index contributed by atoms with van der Waals surface area (Å²) < 4.78 is 13.0. The van der Waals surface area contributed by atoms with Crippen molar-refractivity contribution in [2.24, 2.45) is 11.8 Å². The molecular formula is C17H28FN3. The molecule has 1 fully saturated rings. The third-order valence-electron chi connectivity index (χ3n) is 4.98. The van der Waals surface area contributed by atoms with Gasteiger partial charge in [-0.25, -0.2) is 4.39 Å². The molecule has 0 aliphatic carbocycles. The van der Waals surface area contributed by atoms with Crippen LogP contribution < -0.4 is 5.32 Å². The van der Waals surface area contributed by atoms with Crippen LogP contribution in [0.15, 0.2) is 18.3 Å². The minimum Gasteiger partial charge on any atom is -0.311 e. The maximum absolute atomic E-state index is 13.0. The van der Waals surface area contributed by atoms with E-state index in [4.69, 9.17) is 0 Å². The Morgan fingerprint density at radius 2 is 2.19 bits per heavy atom. The highest BCUT2D eigenvalue weighted by atomic mass is 19.1. The van der Waals surface area contributed by atoms with Gasteiger partial charge in [0.1, 0.15) is 5.82 Å². The molecule has 4 heteroatoms. The molecule has 1 aromatic rings. The van der Waals surface area contributed by atoms with E-state index in [1.165, 1.54) is 31.6 Å². The lowest BCUT2D eigenvalue weighted by Crippen LogP contribution is -2.46. The van der Waals surface area contributed by atoms with Crippen LogP contribution in [0, 0.1) is 17.7 Å². The van der Waals surface area contributed by atoms with Gasteiger partial charge in [-0.2, -0.15) is 0 Å². The molecule has 4 atom stereocenters. The highest BCUT2D eigenvalue weighted by Gasteiger charge is 2.28. The van der Waals surface area contributed by atoms with Gasteiger partial charge < -0.3 is 10.2 Å². The second-order valence-corrected chi connectivity index (χ2v) is 6.50. The number of aromatic nitrogens is 1. The van der Waals surface area contributed by atoms with Gasteiger partial charge in [-0.05, 0) is 57.3 Å². The fourth-order valence-corrected chi connectivity index (χ4v) is 3.45. The number of halogens is 1. The van der Waals surface area contributed by atoms with Crippen molar-refractivity contribution in [1.29, 1.82) is 0 Å². The van der Waals surface area contributed by atoms with Crippen molar-refractivity contribution in [1.82, 2.24) is 15.2 Å². The molecule has 1 aromatic heterocycles. The van der Waals surface area contributed by atoms with E-state index in [9.17, 15) is 4.39 Å². The monoisotopic (exact) mass is 293 g/mol. The average molecular weight is 293 g/mol. The third-order valence-corrected chi connectivity index (χ3v) is 4.98. The maximum Gasteiger partial charge on any atom is 0.141 e. The number of pyridine rings is 1. The Bertz CT molecular complexity index is 434. The second-order valence-electron chi connectivity index (χ2n) is 6.50. The smallest absolute Gasteiger partial charge is 0.141 e. The summed E-state index contributed by atoms with van der Waals surface area (Å²) in [5.41, 5.74) is 0.920. The quantitative estimate of drug-likeness (QED) is 0.903. The van der Waals surface area contributed by atoms with E-state index in [1.807, 2.05) is 7.05 Å². The molecule has 0 saturated carbocycles. The van der Waals surface area contributed by atoms with E-state index >= 15 is 0 Å². The number of nitrogens with one attached hydrogen (secondary N) is 1. The molecule has 118 valence electrons. The molecule has 0 bridgehead atoms. The van der Waals surface area contributed by atoms with E-state index in [2.05, 4.69) is 36.0 Å². The standard InChI is InChI=1S/C17H28FN3/c1-12-6-5-9-21(14(12)3)11-13(2)17(19-4)16-8-7-15(18)10-20-16/h7-8,10,12-14,17,19H,5-6,9,11H2,1-4H3. The van der Waals surface area contributed by atoms with Gasteiger partial charge in [0.05, 0.1) is 17.9 Å². The molecule has 2 heterocycles. The molecule has 2 rings (SSSR count). The molecular weight excluding hydrogens is 265 g/mol. The Hall–Kier alpha value is -1.00. The first-order valence-corrected chi connectivity index (χ1v) is 8.05. The van der Waals surface area contributed by atoms with Crippen LogP contribution in [0.4, 0.5) is 4.39 Å². The number of nitrogens with zero attached hydrogens (tertiary/aromatic N) is 2. The van der Waals surface area contributed by atoms with Gasteiger partial charge in [0, 0.05) is 12.6 Å². The van der Waals surface area contributed by atoms with Crippen LogP contribution in [0.1, 0.15) is 45.3 Å². The van der Waals surface area contributed by atoms with Gasteiger partial charge in [-0.3, -0.25) is 4.98 Å². The van der Waals surface area contributed by atoms with Gasteiger partial charge in [0.25, 0.3) is 0 Å². The molecule has 0 amide bonds. The van der Waals surface area contributed by atoms with Crippen LogP contribution in [0.3, 0.4) is 0 Å². The summed E-state index contributed by atoms with van der Waals surface area (Å²) in [7, 11) is 1.95. The average Bonchev–Trinajstić information content (AvgIpc) is 2.47. The first kappa shape index (κ1) is 16.4. The first-order valence-electron chi connectivity index (χ1n) is 8.05. The van der Waals surface area contributed by atoms with Crippen molar-refractivity contribution in [3.63, 3.8) is 0 Å². The third kappa shape index (κ3) is 4.01. The van der Waals surface area contributed by atoms with E-state index in [0.717, 1.165) is 18.2 Å². The van der Waals surface area contributed by atoms with Crippen molar-refractivity contribution < 1.29 is 4.39 Å². The molecule has 1 saturated heterocycles. The Morgan fingerprint density at radius 1 is 1.43 bits per heavy atom. The predicted molar refractivity (Wildman–Crippen MR) is 84.6 cm³/mol. The van der Waals surface area contributed by atoms with Gasteiger partial charge in [-0.1, -0.05) is 13.8 Å². The second kappa shape index (κ2) is 7.32. The van der Waals surface area contributed by atoms with Crippen LogP contribution in [0.25, 0.3) is 0 Å². The SMILES string of the molecule is CNC(c1ccc(F)cn1)C(C)CN1CCCC(C)C1C. The Morgan fingerprint density at radius 3 is 2.81 bits per heavy atom. The summed E-state index contributed by atoms with van der Waals surface area (Å²) in [6, 6.07) is 4.08. The van der Waals surface area contributed by atoms with Crippen molar-refractivity contribution in [2.45, 2.75) is 45.7 Å². The number of rotatable bonds is 5. The van der Waals surface area contributed by atoms with Crippen LogP contribution in [-0.2, 0) is 0 Å². The Labute approximate surface area is 127 Å². The fourth-order valence-electron chi connectivity index (χ4n) is 3.45. The summed E-state index contributed by atoms with van der Waals surface area (Å²) >= 11 is 0. The lowest BCUT2D eigenvalue weighted by Gasteiger charge is -2.40. The first-order chi connectivity index (χ1) is 10.0. The zero-order valence-corrected chi connectivity index (χ0v) is 13.6. The zero-order valence-electron chi connectivity index (χ0n) is 13.6. The highest BCUT2D eigenvalue weighted by Crippen LogP contribution is 2.27. The number of likely N-dealkylation sites (tertiary alicyclic amines) is 1. The molecule has 4 unspecified atom stereocenters. The van der Waals surface area contributed by atoms with Gasteiger partial charge in [-0.15, -0.1) is 0 Å². The van der Waals surface area contributed by atoms with Crippen LogP contribution in [-0.4, -0.2) is 36.1 Å². The Kier molecular flexibility index (Phi) is 5.71. The van der Waals surface area contributed by atoms with Gasteiger partial charge >= 0.3 is 0 Å². The Balaban J connectivity index is 2.02. The van der Waals surface area contributed by atoms with Gasteiger partial charge in [0.2, 0.25) is 0 Å². The minimum absolute atomic E-state index is 0.162. The summed E-state index contributed by atoms with van der Waals surface area (Å²) in [5.74, 6) is 0.920. The summed E-state index contributed by atoms with van der Waals surface area (Å²) in [5, 5.41) is 3.34.